The maximum absolute atomic E-state index is 13.9. The van der Waals surface area contributed by atoms with Gasteiger partial charge in [0.2, 0.25) is 0 Å². The molecule has 0 aliphatic heterocycles. The zero-order valence-electron chi connectivity index (χ0n) is 14.8. The Kier molecular flexibility index (Phi) is 6.40. The number of hydrogen-bond donors (Lipinski definition) is 0. The summed E-state index contributed by atoms with van der Waals surface area (Å²) in [7, 11) is 0. The second kappa shape index (κ2) is 9.15. The fourth-order valence-corrected chi connectivity index (χ4v) is 2.91. The van der Waals surface area contributed by atoms with Gasteiger partial charge in [0.25, 0.3) is 5.91 Å². The van der Waals surface area contributed by atoms with Crippen molar-refractivity contribution in [3.05, 3.63) is 101 Å². The molecule has 0 aromatic heterocycles. The molecule has 6 heteroatoms. The van der Waals surface area contributed by atoms with Gasteiger partial charge in [-0.15, -0.1) is 0 Å². The lowest BCUT2D eigenvalue weighted by Crippen LogP contribution is -2.34. The van der Waals surface area contributed by atoms with Gasteiger partial charge in [-0.2, -0.15) is 0 Å². The zero-order valence-corrected chi connectivity index (χ0v) is 15.6. The minimum atomic E-state index is -0.982. The predicted octanol–water partition coefficient (Wildman–Crippen LogP) is 4.87. The van der Waals surface area contributed by atoms with E-state index in [9.17, 15) is 14.0 Å². The average molecular weight is 398 g/mol. The van der Waals surface area contributed by atoms with Crippen LogP contribution in [0.5, 0.6) is 0 Å². The molecule has 0 bridgehead atoms. The van der Waals surface area contributed by atoms with Gasteiger partial charge >= 0.3 is 5.97 Å². The Labute approximate surface area is 167 Å². The first-order chi connectivity index (χ1) is 13.6. The van der Waals surface area contributed by atoms with Crippen LogP contribution in [0.2, 0.25) is 5.02 Å². The Morgan fingerprint density at radius 1 is 0.893 bits per heavy atom. The number of benzene rings is 3. The van der Waals surface area contributed by atoms with Gasteiger partial charge in [0.15, 0.2) is 6.61 Å². The highest BCUT2D eigenvalue weighted by molar-refractivity contribution is 6.33. The number of rotatable bonds is 6. The minimum absolute atomic E-state index is 0.0679. The maximum Gasteiger partial charge on any atom is 0.343 e. The Morgan fingerprint density at radius 2 is 1.54 bits per heavy atom. The fraction of sp³-hybridized carbons (Fsp3) is 0.0909. The van der Waals surface area contributed by atoms with E-state index in [4.69, 9.17) is 16.3 Å². The van der Waals surface area contributed by atoms with E-state index >= 15 is 0 Å². The highest BCUT2D eigenvalue weighted by atomic mass is 35.5. The van der Waals surface area contributed by atoms with Crippen LogP contribution < -0.4 is 4.90 Å². The first kappa shape index (κ1) is 19.6. The van der Waals surface area contributed by atoms with E-state index in [0.29, 0.717) is 12.2 Å². The summed E-state index contributed by atoms with van der Waals surface area (Å²) < 4.78 is 18.9. The van der Waals surface area contributed by atoms with Crippen LogP contribution in [0.1, 0.15) is 15.9 Å². The van der Waals surface area contributed by atoms with E-state index in [1.54, 1.807) is 12.1 Å². The molecule has 3 aromatic rings. The van der Waals surface area contributed by atoms with Gasteiger partial charge in [-0.05, 0) is 29.8 Å². The van der Waals surface area contributed by atoms with Crippen molar-refractivity contribution in [2.75, 3.05) is 11.5 Å². The SMILES string of the molecule is O=C(OCC(=O)N(Cc1ccccc1)c1ccccc1)c1c(F)cccc1Cl. The van der Waals surface area contributed by atoms with E-state index in [1.807, 2.05) is 48.5 Å². The molecule has 0 N–H and O–H groups in total. The maximum atomic E-state index is 13.9. The third kappa shape index (κ3) is 4.75. The van der Waals surface area contributed by atoms with Crippen LogP contribution in [0.4, 0.5) is 10.1 Å². The first-order valence-corrected chi connectivity index (χ1v) is 8.94. The zero-order chi connectivity index (χ0) is 19.9. The molecule has 0 spiro atoms. The predicted molar refractivity (Wildman–Crippen MR) is 106 cm³/mol. The summed E-state index contributed by atoms with van der Waals surface area (Å²) in [6.07, 6.45) is 0. The molecule has 0 aliphatic rings. The van der Waals surface area contributed by atoms with Crippen molar-refractivity contribution in [3.63, 3.8) is 0 Å². The molecular weight excluding hydrogens is 381 g/mol. The molecular formula is C22H17ClFNO3. The van der Waals surface area contributed by atoms with Gasteiger partial charge in [-0.1, -0.05) is 66.2 Å². The molecule has 1 amide bonds. The topological polar surface area (TPSA) is 46.6 Å². The smallest absolute Gasteiger partial charge is 0.343 e. The third-order valence-electron chi connectivity index (χ3n) is 4.05. The van der Waals surface area contributed by atoms with Crippen molar-refractivity contribution in [1.29, 1.82) is 0 Å². The first-order valence-electron chi connectivity index (χ1n) is 8.56. The van der Waals surface area contributed by atoms with E-state index in [1.165, 1.54) is 17.0 Å². The van der Waals surface area contributed by atoms with Gasteiger partial charge in [-0.3, -0.25) is 4.79 Å². The van der Waals surface area contributed by atoms with Crippen LogP contribution in [-0.2, 0) is 16.1 Å². The molecule has 3 aromatic carbocycles. The standard InChI is InChI=1S/C22H17ClFNO3/c23-18-12-7-13-19(24)21(18)22(27)28-15-20(26)25(17-10-5-2-6-11-17)14-16-8-3-1-4-9-16/h1-13H,14-15H2. The number of para-hydroxylation sites is 1. The van der Waals surface area contributed by atoms with E-state index < -0.39 is 24.3 Å². The Balaban J connectivity index is 1.75. The molecule has 0 aliphatic carbocycles. The number of hydrogen-bond acceptors (Lipinski definition) is 3. The number of amides is 1. The van der Waals surface area contributed by atoms with Crippen LogP contribution in [0.3, 0.4) is 0 Å². The molecule has 0 saturated heterocycles. The third-order valence-corrected chi connectivity index (χ3v) is 4.36. The van der Waals surface area contributed by atoms with Crippen molar-refractivity contribution in [2.24, 2.45) is 0 Å². The molecule has 0 radical (unpaired) electrons. The summed E-state index contributed by atoms with van der Waals surface area (Å²) in [5.41, 5.74) is 1.20. The number of ether oxygens (including phenoxy) is 1. The van der Waals surface area contributed by atoms with E-state index in [-0.39, 0.29) is 10.6 Å². The van der Waals surface area contributed by atoms with Crippen LogP contribution in [0.15, 0.2) is 78.9 Å². The molecule has 0 unspecified atom stereocenters. The molecule has 0 atom stereocenters. The summed E-state index contributed by atoms with van der Waals surface area (Å²) in [6, 6.07) is 22.4. The fourth-order valence-electron chi connectivity index (χ4n) is 2.67. The van der Waals surface area contributed by atoms with Crippen molar-refractivity contribution >= 4 is 29.2 Å². The van der Waals surface area contributed by atoms with Gasteiger partial charge in [0, 0.05) is 5.69 Å². The summed E-state index contributed by atoms with van der Waals surface area (Å²) >= 11 is 5.87. The number of nitrogens with zero attached hydrogens (tertiary/aromatic N) is 1. The molecule has 0 heterocycles. The lowest BCUT2D eigenvalue weighted by Gasteiger charge is -2.23. The number of halogens is 2. The summed E-state index contributed by atoms with van der Waals surface area (Å²) in [5, 5.41) is -0.0679. The van der Waals surface area contributed by atoms with Crippen LogP contribution >= 0.6 is 11.6 Å². The van der Waals surface area contributed by atoms with Crippen LogP contribution in [-0.4, -0.2) is 18.5 Å². The Morgan fingerprint density at radius 3 is 2.18 bits per heavy atom. The Hall–Kier alpha value is -3.18. The highest BCUT2D eigenvalue weighted by Crippen LogP contribution is 2.21. The molecule has 142 valence electrons. The second-order valence-corrected chi connectivity index (χ2v) is 6.38. The molecule has 28 heavy (non-hydrogen) atoms. The summed E-state index contributed by atoms with van der Waals surface area (Å²) in [5.74, 6) is -2.21. The number of carbonyl (C=O) groups is 2. The number of esters is 1. The van der Waals surface area contributed by atoms with Crippen molar-refractivity contribution in [2.45, 2.75) is 6.54 Å². The Bertz CT molecular complexity index is 944. The summed E-state index contributed by atoms with van der Waals surface area (Å²) in [4.78, 5) is 26.5. The average Bonchev–Trinajstić information content (AvgIpc) is 2.71. The van der Waals surface area contributed by atoms with Crippen molar-refractivity contribution < 1.29 is 18.7 Å². The summed E-state index contributed by atoms with van der Waals surface area (Å²) in [6.45, 7) is -0.229. The number of carbonyl (C=O) groups excluding carboxylic acids is 2. The van der Waals surface area contributed by atoms with Gasteiger partial charge in [0.05, 0.1) is 11.6 Å². The lowest BCUT2D eigenvalue weighted by molar-refractivity contribution is -0.121. The molecule has 0 saturated carbocycles. The van der Waals surface area contributed by atoms with Gasteiger partial charge < -0.3 is 9.64 Å². The largest absolute Gasteiger partial charge is 0.452 e. The molecule has 0 fully saturated rings. The van der Waals surface area contributed by atoms with Crippen LogP contribution in [0, 0.1) is 5.82 Å². The van der Waals surface area contributed by atoms with Crippen molar-refractivity contribution in [3.8, 4) is 0 Å². The minimum Gasteiger partial charge on any atom is -0.452 e. The monoisotopic (exact) mass is 397 g/mol. The van der Waals surface area contributed by atoms with Crippen LogP contribution in [0.25, 0.3) is 0 Å². The van der Waals surface area contributed by atoms with E-state index in [2.05, 4.69) is 0 Å². The normalized spacial score (nSPS) is 10.4. The van der Waals surface area contributed by atoms with Gasteiger partial charge in [-0.25, -0.2) is 9.18 Å². The van der Waals surface area contributed by atoms with E-state index in [0.717, 1.165) is 11.6 Å². The lowest BCUT2D eigenvalue weighted by atomic mass is 10.2. The highest BCUT2D eigenvalue weighted by Gasteiger charge is 2.21. The quantitative estimate of drug-likeness (QED) is 0.557. The van der Waals surface area contributed by atoms with Crippen molar-refractivity contribution in [1.82, 2.24) is 0 Å². The molecule has 4 nitrogen and oxygen atoms in total. The molecule has 3 rings (SSSR count). The number of anilines is 1. The second-order valence-electron chi connectivity index (χ2n) is 5.97. The van der Waals surface area contributed by atoms with Gasteiger partial charge in [0.1, 0.15) is 11.4 Å².